The molecule has 0 unspecified atom stereocenters. The summed E-state index contributed by atoms with van der Waals surface area (Å²) < 4.78 is 5.95. The fourth-order valence-corrected chi connectivity index (χ4v) is 4.09. The Hall–Kier alpha value is -3.24. The molecule has 0 spiro atoms. The maximum Gasteiger partial charge on any atom is 0.220 e. The number of nitrogens with one attached hydrogen (secondary N) is 2. The van der Waals surface area contributed by atoms with Crippen LogP contribution in [0.1, 0.15) is 42.9 Å². The second-order valence-electron chi connectivity index (χ2n) is 8.73. The van der Waals surface area contributed by atoms with E-state index in [9.17, 15) is 4.79 Å². The number of carbonyl (C=O) groups is 1. The molecule has 4 aromatic rings. The van der Waals surface area contributed by atoms with E-state index in [0.717, 1.165) is 33.3 Å². The van der Waals surface area contributed by atoms with Gasteiger partial charge in [0.05, 0.1) is 0 Å². The van der Waals surface area contributed by atoms with Crippen molar-refractivity contribution in [3.05, 3.63) is 101 Å². The number of hydrogen-bond acceptors (Lipinski definition) is 2. The highest BCUT2D eigenvalue weighted by atomic mass is 35.5. The van der Waals surface area contributed by atoms with Gasteiger partial charge < -0.3 is 15.0 Å². The van der Waals surface area contributed by atoms with Crippen molar-refractivity contribution in [1.82, 2.24) is 10.3 Å². The molecule has 0 saturated heterocycles. The van der Waals surface area contributed by atoms with Crippen LogP contribution in [0, 0.1) is 5.92 Å². The fourth-order valence-electron chi connectivity index (χ4n) is 3.92. The molecule has 1 atom stereocenters. The van der Waals surface area contributed by atoms with Crippen LogP contribution in [0.5, 0.6) is 5.75 Å². The lowest BCUT2D eigenvalue weighted by atomic mass is 9.88. The lowest BCUT2D eigenvalue weighted by Gasteiger charge is -2.18. The third-order valence-corrected chi connectivity index (χ3v) is 5.91. The second kappa shape index (κ2) is 10.6. The summed E-state index contributed by atoms with van der Waals surface area (Å²) in [5.41, 5.74) is 4.24. The van der Waals surface area contributed by atoms with E-state index in [2.05, 4.69) is 24.1 Å². The van der Waals surface area contributed by atoms with Crippen LogP contribution in [0.3, 0.4) is 0 Å². The zero-order valence-electron chi connectivity index (χ0n) is 19.0. The number of ether oxygens (including phenoxy) is 1. The maximum absolute atomic E-state index is 12.8. The van der Waals surface area contributed by atoms with Gasteiger partial charge in [-0.25, -0.2) is 0 Å². The molecule has 0 saturated carbocycles. The first-order valence-corrected chi connectivity index (χ1v) is 11.7. The van der Waals surface area contributed by atoms with Gasteiger partial charge in [0, 0.05) is 41.0 Å². The Bertz CT molecular complexity index is 1200. The van der Waals surface area contributed by atoms with E-state index >= 15 is 0 Å². The van der Waals surface area contributed by atoms with E-state index in [1.165, 1.54) is 0 Å². The van der Waals surface area contributed by atoms with Gasteiger partial charge in [0.15, 0.2) is 0 Å². The molecule has 0 aliphatic carbocycles. The highest BCUT2D eigenvalue weighted by Crippen LogP contribution is 2.35. The predicted octanol–water partition coefficient (Wildman–Crippen LogP) is 6.69. The number of aromatic nitrogens is 1. The minimum Gasteiger partial charge on any atom is -0.489 e. The molecule has 0 aliphatic heterocycles. The van der Waals surface area contributed by atoms with E-state index in [-0.39, 0.29) is 11.8 Å². The molecule has 0 fully saturated rings. The van der Waals surface area contributed by atoms with Crippen LogP contribution in [0.25, 0.3) is 10.9 Å². The highest BCUT2D eigenvalue weighted by Gasteiger charge is 2.22. The molecule has 1 amide bonds. The molecule has 33 heavy (non-hydrogen) atoms. The molecular formula is C28H29ClN2O2. The third-order valence-electron chi connectivity index (χ3n) is 5.68. The monoisotopic (exact) mass is 460 g/mol. The van der Waals surface area contributed by atoms with E-state index < -0.39 is 0 Å². The zero-order chi connectivity index (χ0) is 23.2. The van der Waals surface area contributed by atoms with Crippen molar-refractivity contribution in [3.63, 3.8) is 0 Å². The molecule has 2 N–H and O–H groups in total. The quantitative estimate of drug-likeness (QED) is 0.292. The maximum atomic E-state index is 12.8. The molecule has 4 rings (SSSR count). The summed E-state index contributed by atoms with van der Waals surface area (Å²) in [5.74, 6) is 1.13. The van der Waals surface area contributed by atoms with Crippen LogP contribution in [0.4, 0.5) is 0 Å². The molecule has 170 valence electrons. The van der Waals surface area contributed by atoms with Gasteiger partial charge in [-0.3, -0.25) is 4.79 Å². The van der Waals surface area contributed by atoms with Crippen molar-refractivity contribution < 1.29 is 9.53 Å². The van der Waals surface area contributed by atoms with E-state index in [1.54, 1.807) is 0 Å². The van der Waals surface area contributed by atoms with Crippen molar-refractivity contribution in [3.8, 4) is 5.75 Å². The summed E-state index contributed by atoms with van der Waals surface area (Å²) in [7, 11) is 0. The van der Waals surface area contributed by atoms with Gasteiger partial charge in [0.1, 0.15) is 12.4 Å². The van der Waals surface area contributed by atoms with Gasteiger partial charge in [0.2, 0.25) is 5.91 Å². The number of H-pyrrole nitrogens is 1. The smallest absolute Gasteiger partial charge is 0.220 e. The molecule has 1 heterocycles. The first-order chi connectivity index (χ1) is 16.0. The first-order valence-electron chi connectivity index (χ1n) is 11.3. The number of halogens is 1. The summed E-state index contributed by atoms with van der Waals surface area (Å²) in [6.07, 6.45) is 2.34. The number of fused-ring (bicyclic) bond motifs is 1. The fraction of sp³-hybridized carbons (Fsp3) is 0.250. The average Bonchev–Trinajstić information content (AvgIpc) is 3.24. The summed E-state index contributed by atoms with van der Waals surface area (Å²) in [6, 6.07) is 23.9. The van der Waals surface area contributed by atoms with Crippen LogP contribution in [0.15, 0.2) is 79.0 Å². The van der Waals surface area contributed by atoms with Gasteiger partial charge in [-0.2, -0.15) is 0 Å². The summed E-state index contributed by atoms with van der Waals surface area (Å²) in [5, 5.41) is 4.77. The van der Waals surface area contributed by atoms with Gasteiger partial charge in [-0.05, 0) is 52.9 Å². The van der Waals surface area contributed by atoms with Crippen molar-refractivity contribution >= 4 is 28.4 Å². The summed E-state index contributed by atoms with van der Waals surface area (Å²) >= 11 is 6.28. The first kappa shape index (κ1) is 22.9. The minimum atomic E-state index is -0.104. The lowest BCUT2D eigenvalue weighted by Crippen LogP contribution is -2.28. The van der Waals surface area contributed by atoms with Crippen molar-refractivity contribution in [2.75, 3.05) is 6.54 Å². The Morgan fingerprint density at radius 2 is 1.79 bits per heavy atom. The molecular weight excluding hydrogens is 432 g/mol. The Kier molecular flexibility index (Phi) is 7.36. The zero-order valence-corrected chi connectivity index (χ0v) is 19.7. The molecule has 1 aromatic heterocycles. The molecule has 4 nitrogen and oxygen atoms in total. The van der Waals surface area contributed by atoms with Crippen LogP contribution in [-0.4, -0.2) is 17.4 Å². The Labute approximate surface area is 199 Å². The number of benzene rings is 3. The van der Waals surface area contributed by atoms with Gasteiger partial charge in [-0.15, -0.1) is 0 Å². The number of hydrogen-bond donors (Lipinski definition) is 2. The van der Waals surface area contributed by atoms with E-state index in [4.69, 9.17) is 16.3 Å². The average molecular weight is 461 g/mol. The Morgan fingerprint density at radius 3 is 2.52 bits per heavy atom. The van der Waals surface area contributed by atoms with E-state index in [1.807, 2.05) is 79.0 Å². The largest absolute Gasteiger partial charge is 0.489 e. The van der Waals surface area contributed by atoms with Crippen LogP contribution in [-0.2, 0) is 11.4 Å². The van der Waals surface area contributed by atoms with Gasteiger partial charge in [0.25, 0.3) is 0 Å². The second-order valence-corrected chi connectivity index (χ2v) is 9.17. The SMILES string of the molecule is CC(C)CNC(=O)C[C@H](c1ccc(OCc2ccccc2)cc1)c1c[nH]c2ccc(Cl)cc12. The van der Waals surface area contributed by atoms with Gasteiger partial charge >= 0.3 is 0 Å². The number of amides is 1. The van der Waals surface area contributed by atoms with Crippen LogP contribution < -0.4 is 10.1 Å². The topological polar surface area (TPSA) is 54.1 Å². The number of carbonyl (C=O) groups excluding carboxylic acids is 1. The minimum absolute atomic E-state index is 0.0366. The third kappa shape index (κ3) is 5.96. The van der Waals surface area contributed by atoms with Crippen molar-refractivity contribution in [2.24, 2.45) is 5.92 Å². The lowest BCUT2D eigenvalue weighted by molar-refractivity contribution is -0.121. The summed E-state index contributed by atoms with van der Waals surface area (Å²) in [4.78, 5) is 16.1. The molecule has 0 bridgehead atoms. The molecule has 3 aromatic carbocycles. The standard InChI is InChI=1S/C28H29ClN2O2/c1-19(2)16-31-28(32)15-24(26-17-30-27-13-10-22(29)14-25(26)27)21-8-11-23(12-9-21)33-18-20-6-4-3-5-7-20/h3-14,17,19,24,30H,15-16,18H2,1-2H3,(H,31,32)/t24-/m1/s1. The summed E-state index contributed by atoms with van der Waals surface area (Å²) in [6.45, 7) is 5.36. The van der Waals surface area contributed by atoms with Gasteiger partial charge in [-0.1, -0.05) is 67.9 Å². The Balaban J connectivity index is 1.58. The number of aromatic amines is 1. The Morgan fingerprint density at radius 1 is 1.03 bits per heavy atom. The molecule has 0 radical (unpaired) electrons. The van der Waals surface area contributed by atoms with Crippen molar-refractivity contribution in [1.29, 1.82) is 0 Å². The highest BCUT2D eigenvalue weighted by molar-refractivity contribution is 6.31. The normalized spacial score (nSPS) is 12.1. The molecule has 5 heteroatoms. The molecule has 0 aliphatic rings. The predicted molar refractivity (Wildman–Crippen MR) is 135 cm³/mol. The number of rotatable bonds is 9. The van der Waals surface area contributed by atoms with Crippen molar-refractivity contribution in [2.45, 2.75) is 32.8 Å². The van der Waals surface area contributed by atoms with Crippen LogP contribution >= 0.6 is 11.6 Å². The van der Waals surface area contributed by atoms with E-state index in [0.29, 0.717) is 30.5 Å². The van der Waals surface area contributed by atoms with Crippen LogP contribution in [0.2, 0.25) is 5.02 Å².